The molecule has 1 saturated heterocycles. The van der Waals surface area contributed by atoms with Crippen molar-refractivity contribution in [2.45, 2.75) is 18.9 Å². The summed E-state index contributed by atoms with van der Waals surface area (Å²) in [5, 5.41) is 13.0. The van der Waals surface area contributed by atoms with Crippen molar-refractivity contribution in [1.29, 1.82) is 0 Å². The van der Waals surface area contributed by atoms with Gasteiger partial charge in [-0.3, -0.25) is 4.79 Å². The Morgan fingerprint density at radius 2 is 2.11 bits per heavy atom. The number of rotatable bonds is 5. The molecule has 1 atom stereocenters. The van der Waals surface area contributed by atoms with E-state index < -0.39 is 12.6 Å². The molecule has 0 spiro atoms. The molecule has 1 aliphatic heterocycles. The molecule has 1 N–H and O–H groups in total. The Morgan fingerprint density at radius 1 is 1.37 bits per heavy atom. The number of carboxylic acid groups (broad SMARTS) is 1. The molecule has 6 nitrogen and oxygen atoms in total. The molecular weight excluding hydrogens is 250 g/mol. The number of benzene rings is 1. The standard InChI is InChI=1S/C13H15NO5/c15-12(16)8-19-10-5-3-9(4-6-10)14-13(17)11-2-1-7-18-11/h3-6,11H,1-2,7-8H2,(H,14,17)(H,15,16)/p-1/t11-/m1/s1. The molecule has 1 aromatic carbocycles. The van der Waals surface area contributed by atoms with Crippen LogP contribution in [0.5, 0.6) is 5.75 Å². The molecule has 102 valence electrons. The van der Waals surface area contributed by atoms with Crippen LogP contribution in [0, 0.1) is 0 Å². The van der Waals surface area contributed by atoms with Gasteiger partial charge in [0.05, 0.1) is 5.97 Å². The first kappa shape index (κ1) is 13.4. The largest absolute Gasteiger partial charge is 0.546 e. The number of nitrogens with one attached hydrogen (secondary N) is 1. The molecule has 0 unspecified atom stereocenters. The summed E-state index contributed by atoms with van der Waals surface area (Å²) in [6, 6.07) is 6.43. The van der Waals surface area contributed by atoms with E-state index in [1.807, 2.05) is 0 Å². The lowest BCUT2D eigenvalue weighted by Gasteiger charge is -2.11. The van der Waals surface area contributed by atoms with Crippen molar-refractivity contribution >= 4 is 17.6 Å². The molecule has 1 fully saturated rings. The number of carbonyl (C=O) groups excluding carboxylic acids is 2. The Kier molecular flexibility index (Phi) is 4.35. The van der Waals surface area contributed by atoms with Crippen molar-refractivity contribution < 1.29 is 24.2 Å². The summed E-state index contributed by atoms with van der Waals surface area (Å²) in [6.07, 6.45) is 1.25. The highest BCUT2D eigenvalue weighted by atomic mass is 16.5. The van der Waals surface area contributed by atoms with Crippen LogP contribution in [-0.4, -0.2) is 31.2 Å². The molecule has 0 aliphatic carbocycles. The number of carbonyl (C=O) groups is 2. The molecule has 1 aromatic rings. The van der Waals surface area contributed by atoms with Crippen LogP contribution in [0.25, 0.3) is 0 Å². The summed E-state index contributed by atoms with van der Waals surface area (Å²) in [5.74, 6) is -1.05. The maximum Gasteiger partial charge on any atom is 0.253 e. The Balaban J connectivity index is 1.87. The quantitative estimate of drug-likeness (QED) is 0.804. The minimum absolute atomic E-state index is 0.166. The second-order valence-corrected chi connectivity index (χ2v) is 4.18. The van der Waals surface area contributed by atoms with E-state index in [0.717, 1.165) is 12.8 Å². The Hall–Kier alpha value is -2.08. The molecule has 1 aliphatic rings. The number of hydrogen-bond donors (Lipinski definition) is 1. The second kappa shape index (κ2) is 6.19. The summed E-state index contributed by atoms with van der Waals surface area (Å²) < 4.78 is 10.2. The summed E-state index contributed by atoms with van der Waals surface area (Å²) in [6.45, 7) is 0.121. The topological polar surface area (TPSA) is 87.7 Å². The molecule has 0 aromatic heterocycles. The smallest absolute Gasteiger partial charge is 0.253 e. The summed E-state index contributed by atoms with van der Waals surface area (Å²) >= 11 is 0. The van der Waals surface area contributed by atoms with E-state index in [0.29, 0.717) is 18.0 Å². The normalized spacial score (nSPS) is 18.0. The third kappa shape index (κ3) is 3.96. The SMILES string of the molecule is O=C([O-])COc1ccc(NC(=O)[C@H]2CCCO2)cc1. The lowest BCUT2D eigenvalue weighted by atomic mass is 10.2. The van der Waals surface area contributed by atoms with Crippen molar-refractivity contribution in [3.8, 4) is 5.75 Å². The van der Waals surface area contributed by atoms with Gasteiger partial charge in [-0.25, -0.2) is 0 Å². The average Bonchev–Trinajstić information content (AvgIpc) is 2.92. The molecule has 0 saturated carbocycles. The molecule has 0 bridgehead atoms. The Bertz CT molecular complexity index is 451. The molecule has 2 rings (SSSR count). The van der Waals surface area contributed by atoms with E-state index in [2.05, 4.69) is 5.32 Å². The van der Waals surface area contributed by atoms with Crippen molar-refractivity contribution in [2.75, 3.05) is 18.5 Å². The number of ether oxygens (including phenoxy) is 2. The molecular formula is C13H14NO5-. The number of hydrogen-bond acceptors (Lipinski definition) is 5. The van der Waals surface area contributed by atoms with Gasteiger partial charge in [-0.1, -0.05) is 0 Å². The molecule has 1 amide bonds. The molecule has 1 heterocycles. The second-order valence-electron chi connectivity index (χ2n) is 4.18. The van der Waals surface area contributed by atoms with Gasteiger partial charge < -0.3 is 24.7 Å². The minimum Gasteiger partial charge on any atom is -0.546 e. The van der Waals surface area contributed by atoms with E-state index in [-0.39, 0.29) is 12.0 Å². The third-order valence-corrected chi connectivity index (χ3v) is 2.70. The zero-order valence-corrected chi connectivity index (χ0v) is 10.3. The Morgan fingerprint density at radius 3 is 2.68 bits per heavy atom. The van der Waals surface area contributed by atoms with Crippen molar-refractivity contribution in [2.24, 2.45) is 0 Å². The zero-order chi connectivity index (χ0) is 13.7. The van der Waals surface area contributed by atoms with E-state index >= 15 is 0 Å². The third-order valence-electron chi connectivity index (χ3n) is 2.70. The number of carboxylic acids is 1. The predicted octanol–water partition coefficient (Wildman–Crippen LogP) is -0.0672. The first-order valence-electron chi connectivity index (χ1n) is 6.00. The lowest BCUT2D eigenvalue weighted by Crippen LogP contribution is -2.29. The van der Waals surface area contributed by atoms with E-state index in [9.17, 15) is 14.7 Å². The summed E-state index contributed by atoms with van der Waals surface area (Å²) in [5.41, 5.74) is 0.612. The van der Waals surface area contributed by atoms with Gasteiger partial charge in [0.25, 0.3) is 5.91 Å². The number of anilines is 1. The van der Waals surface area contributed by atoms with Crippen LogP contribution in [0.15, 0.2) is 24.3 Å². The van der Waals surface area contributed by atoms with E-state index in [1.165, 1.54) is 0 Å². The van der Waals surface area contributed by atoms with E-state index in [1.54, 1.807) is 24.3 Å². The zero-order valence-electron chi connectivity index (χ0n) is 10.3. The van der Waals surface area contributed by atoms with Crippen molar-refractivity contribution in [1.82, 2.24) is 0 Å². The maximum absolute atomic E-state index is 11.8. The average molecular weight is 264 g/mol. The van der Waals surface area contributed by atoms with Gasteiger partial charge in [-0.2, -0.15) is 0 Å². The Labute approximate surface area is 110 Å². The maximum atomic E-state index is 11.8. The highest BCUT2D eigenvalue weighted by molar-refractivity contribution is 5.94. The minimum atomic E-state index is -1.28. The van der Waals surface area contributed by atoms with Crippen LogP contribution in [0.3, 0.4) is 0 Å². The molecule has 6 heteroatoms. The molecule has 0 radical (unpaired) electrons. The van der Waals surface area contributed by atoms with Gasteiger partial charge in [0, 0.05) is 12.3 Å². The number of amides is 1. The van der Waals surface area contributed by atoms with Gasteiger partial charge in [0.2, 0.25) is 0 Å². The first-order valence-corrected chi connectivity index (χ1v) is 6.00. The van der Waals surface area contributed by atoms with Gasteiger partial charge in [-0.05, 0) is 37.1 Å². The van der Waals surface area contributed by atoms with Crippen LogP contribution in [0.2, 0.25) is 0 Å². The lowest BCUT2D eigenvalue weighted by molar-refractivity contribution is -0.307. The van der Waals surface area contributed by atoms with Gasteiger partial charge in [-0.15, -0.1) is 0 Å². The monoisotopic (exact) mass is 264 g/mol. The van der Waals surface area contributed by atoms with Gasteiger partial charge in [0.15, 0.2) is 0 Å². The van der Waals surface area contributed by atoms with Crippen LogP contribution in [0.4, 0.5) is 5.69 Å². The van der Waals surface area contributed by atoms with E-state index in [4.69, 9.17) is 9.47 Å². The van der Waals surface area contributed by atoms with Crippen LogP contribution in [-0.2, 0) is 14.3 Å². The summed E-state index contributed by atoms with van der Waals surface area (Å²) in [7, 11) is 0. The fourth-order valence-corrected chi connectivity index (χ4v) is 1.78. The summed E-state index contributed by atoms with van der Waals surface area (Å²) in [4.78, 5) is 22.0. The molecule has 19 heavy (non-hydrogen) atoms. The van der Waals surface area contributed by atoms with Crippen molar-refractivity contribution in [3.05, 3.63) is 24.3 Å². The highest BCUT2D eigenvalue weighted by Crippen LogP contribution is 2.18. The first-order chi connectivity index (χ1) is 9.15. The van der Waals surface area contributed by atoms with Crippen LogP contribution in [0.1, 0.15) is 12.8 Å². The predicted molar refractivity (Wildman–Crippen MR) is 64.5 cm³/mol. The van der Waals surface area contributed by atoms with Crippen LogP contribution >= 0.6 is 0 Å². The van der Waals surface area contributed by atoms with Crippen molar-refractivity contribution in [3.63, 3.8) is 0 Å². The fourth-order valence-electron chi connectivity index (χ4n) is 1.78. The van der Waals surface area contributed by atoms with Crippen LogP contribution < -0.4 is 15.2 Å². The van der Waals surface area contributed by atoms with Gasteiger partial charge >= 0.3 is 0 Å². The number of aliphatic carboxylic acids is 1. The van der Waals surface area contributed by atoms with Gasteiger partial charge in [0.1, 0.15) is 18.5 Å². The fraction of sp³-hybridized carbons (Fsp3) is 0.385. The highest BCUT2D eigenvalue weighted by Gasteiger charge is 2.23.